The van der Waals surface area contributed by atoms with Crippen molar-refractivity contribution in [3.8, 4) is 5.75 Å². The molecule has 2 aliphatic rings. The fourth-order valence-corrected chi connectivity index (χ4v) is 6.45. The number of sulfonamides is 1. The van der Waals surface area contributed by atoms with Gasteiger partial charge in [-0.1, -0.05) is 34.0 Å². The molecular weight excluding hydrogens is 504 g/mol. The first-order valence-corrected chi connectivity index (χ1v) is 12.9. The lowest BCUT2D eigenvalue weighted by atomic mass is 10.1. The maximum atomic E-state index is 12.9. The van der Waals surface area contributed by atoms with Crippen molar-refractivity contribution in [3.05, 3.63) is 51.5 Å². The number of anilines is 1. The van der Waals surface area contributed by atoms with E-state index in [0.717, 1.165) is 41.4 Å². The Morgan fingerprint density at radius 1 is 1.16 bits per heavy atom. The highest BCUT2D eigenvalue weighted by molar-refractivity contribution is 9.10. The van der Waals surface area contributed by atoms with E-state index in [9.17, 15) is 13.2 Å². The van der Waals surface area contributed by atoms with Crippen molar-refractivity contribution in [2.75, 3.05) is 24.6 Å². The van der Waals surface area contributed by atoms with Crippen LogP contribution < -0.4 is 9.64 Å². The number of halogens is 2. The van der Waals surface area contributed by atoms with E-state index in [1.807, 2.05) is 25.1 Å². The Bertz CT molecular complexity index is 1100. The second kappa shape index (κ2) is 9.10. The highest BCUT2D eigenvalue weighted by Crippen LogP contribution is 2.35. The Balaban J connectivity index is 1.45. The number of benzene rings is 2. The quantitative estimate of drug-likeness (QED) is 0.568. The van der Waals surface area contributed by atoms with Crippen LogP contribution in [0.1, 0.15) is 31.7 Å². The normalized spacial score (nSPS) is 19.3. The van der Waals surface area contributed by atoms with Gasteiger partial charge in [-0.2, -0.15) is 4.31 Å². The molecule has 1 amide bonds. The summed E-state index contributed by atoms with van der Waals surface area (Å²) in [7, 11) is -3.58. The van der Waals surface area contributed by atoms with Crippen LogP contribution in [0.4, 0.5) is 5.69 Å². The van der Waals surface area contributed by atoms with E-state index in [-0.39, 0.29) is 34.2 Å². The second-order valence-electron chi connectivity index (χ2n) is 7.94. The minimum absolute atomic E-state index is 0.0351. The summed E-state index contributed by atoms with van der Waals surface area (Å²) >= 11 is 9.77. The Labute approximate surface area is 196 Å². The number of hydrogen-bond donors (Lipinski definition) is 0. The van der Waals surface area contributed by atoms with Gasteiger partial charge in [0.05, 0.1) is 9.92 Å². The average Bonchev–Trinajstić information content (AvgIpc) is 3.08. The Kier molecular flexibility index (Phi) is 6.62. The van der Waals surface area contributed by atoms with Crippen LogP contribution in [-0.4, -0.2) is 44.4 Å². The summed E-state index contributed by atoms with van der Waals surface area (Å²) in [5.41, 5.74) is 2.00. The number of amides is 1. The van der Waals surface area contributed by atoms with Crippen LogP contribution in [0.25, 0.3) is 0 Å². The van der Waals surface area contributed by atoms with Gasteiger partial charge < -0.3 is 9.64 Å². The van der Waals surface area contributed by atoms with Gasteiger partial charge in [-0.05, 0) is 68.1 Å². The number of piperidine rings is 1. The summed E-state index contributed by atoms with van der Waals surface area (Å²) in [6.45, 7) is 2.87. The maximum Gasteiger partial charge on any atom is 0.265 e. The summed E-state index contributed by atoms with van der Waals surface area (Å²) < 4.78 is 33.8. The van der Waals surface area contributed by atoms with Crippen molar-refractivity contribution in [2.45, 2.75) is 43.5 Å². The van der Waals surface area contributed by atoms with Crippen LogP contribution in [0.2, 0.25) is 5.02 Å². The fourth-order valence-electron chi connectivity index (χ4n) is 4.20. The van der Waals surface area contributed by atoms with E-state index in [4.69, 9.17) is 16.3 Å². The zero-order valence-corrected chi connectivity index (χ0v) is 20.3. The molecule has 2 aromatic carbocycles. The number of rotatable bonds is 5. The predicted molar refractivity (Wildman–Crippen MR) is 124 cm³/mol. The summed E-state index contributed by atoms with van der Waals surface area (Å²) in [5, 5.41) is 0.171. The van der Waals surface area contributed by atoms with Crippen molar-refractivity contribution in [3.63, 3.8) is 0 Å². The average molecular weight is 528 g/mol. The van der Waals surface area contributed by atoms with Crippen molar-refractivity contribution < 1.29 is 17.9 Å². The van der Waals surface area contributed by atoms with E-state index in [0.29, 0.717) is 13.1 Å². The molecule has 0 saturated carbocycles. The summed E-state index contributed by atoms with van der Waals surface area (Å²) in [6.07, 6.45) is 3.56. The monoisotopic (exact) mass is 526 g/mol. The molecule has 1 saturated heterocycles. The lowest BCUT2D eigenvalue weighted by molar-refractivity contribution is -0.120. The lowest BCUT2D eigenvalue weighted by Crippen LogP contribution is -2.39. The topological polar surface area (TPSA) is 66.9 Å². The molecule has 0 spiro atoms. The smallest absolute Gasteiger partial charge is 0.265 e. The molecule has 0 aliphatic carbocycles. The molecule has 2 aliphatic heterocycles. The number of hydrogen-bond acceptors (Lipinski definition) is 4. The van der Waals surface area contributed by atoms with Crippen LogP contribution >= 0.6 is 27.5 Å². The highest BCUT2D eigenvalue weighted by atomic mass is 79.9. The number of carbonyl (C=O) groups excluding carboxylic acids is 1. The van der Waals surface area contributed by atoms with Crippen LogP contribution in [0.15, 0.2) is 45.8 Å². The molecule has 1 atom stereocenters. The molecule has 0 N–H and O–H groups in total. The molecule has 1 fully saturated rings. The summed E-state index contributed by atoms with van der Waals surface area (Å²) in [4.78, 5) is 14.7. The molecule has 166 valence electrons. The number of carbonyl (C=O) groups is 1. The number of ether oxygens (including phenoxy) is 1. The molecule has 31 heavy (non-hydrogen) atoms. The van der Waals surface area contributed by atoms with Crippen LogP contribution in [-0.2, 0) is 21.2 Å². The zero-order valence-electron chi connectivity index (χ0n) is 17.2. The zero-order chi connectivity index (χ0) is 22.2. The molecule has 0 aromatic heterocycles. The third kappa shape index (κ3) is 4.62. The van der Waals surface area contributed by atoms with Gasteiger partial charge in [0.1, 0.15) is 5.75 Å². The van der Waals surface area contributed by atoms with E-state index >= 15 is 0 Å². The van der Waals surface area contributed by atoms with Crippen molar-refractivity contribution in [1.82, 2.24) is 4.31 Å². The Hall–Kier alpha value is -1.61. The van der Waals surface area contributed by atoms with Gasteiger partial charge >= 0.3 is 0 Å². The van der Waals surface area contributed by atoms with Gasteiger partial charge in [0.2, 0.25) is 10.0 Å². The first kappa shape index (κ1) is 22.6. The first-order valence-electron chi connectivity index (χ1n) is 10.3. The van der Waals surface area contributed by atoms with Crippen molar-refractivity contribution >= 4 is 49.1 Å². The van der Waals surface area contributed by atoms with E-state index in [2.05, 4.69) is 15.9 Å². The molecule has 6 nitrogen and oxygen atoms in total. The largest absolute Gasteiger partial charge is 0.482 e. The van der Waals surface area contributed by atoms with Crippen LogP contribution in [0.5, 0.6) is 5.75 Å². The van der Waals surface area contributed by atoms with Crippen molar-refractivity contribution in [2.24, 2.45) is 0 Å². The third-order valence-corrected chi connectivity index (χ3v) is 8.42. The van der Waals surface area contributed by atoms with E-state index < -0.39 is 10.0 Å². The van der Waals surface area contributed by atoms with Gasteiger partial charge in [0.15, 0.2) is 6.61 Å². The number of fused-ring (bicyclic) bond motifs is 1. The molecule has 2 heterocycles. The minimum atomic E-state index is -3.58. The molecule has 1 unspecified atom stereocenters. The molecule has 4 rings (SSSR count). The van der Waals surface area contributed by atoms with Gasteiger partial charge in [0.25, 0.3) is 5.91 Å². The number of nitrogens with zero attached hydrogens (tertiary/aromatic N) is 2. The standard InChI is InChI=1S/C22H24BrClN2O4S/c1-15-11-16-12-17(23)5-7-20(16)26(15)22(27)14-30-21-8-6-18(13-19(21)24)31(28,29)25-9-3-2-4-10-25/h5-8,12-13,15H,2-4,9-11,14H2,1H3. The van der Waals surface area contributed by atoms with Gasteiger partial charge in [-0.25, -0.2) is 8.42 Å². The van der Waals surface area contributed by atoms with Crippen LogP contribution in [0.3, 0.4) is 0 Å². The minimum Gasteiger partial charge on any atom is -0.482 e. The van der Waals surface area contributed by atoms with E-state index in [1.54, 1.807) is 4.90 Å². The Morgan fingerprint density at radius 3 is 2.61 bits per heavy atom. The lowest BCUT2D eigenvalue weighted by Gasteiger charge is -2.26. The molecular formula is C22H24BrClN2O4S. The third-order valence-electron chi connectivity index (χ3n) is 5.73. The summed E-state index contributed by atoms with van der Waals surface area (Å²) in [5.74, 6) is 0.116. The van der Waals surface area contributed by atoms with Crippen molar-refractivity contribution in [1.29, 1.82) is 0 Å². The second-order valence-corrected chi connectivity index (χ2v) is 11.2. The van der Waals surface area contributed by atoms with Gasteiger partial charge in [-0.3, -0.25) is 4.79 Å². The molecule has 9 heteroatoms. The Morgan fingerprint density at radius 2 is 1.90 bits per heavy atom. The van der Waals surface area contributed by atoms with Gasteiger partial charge in [0, 0.05) is 29.3 Å². The maximum absolute atomic E-state index is 12.9. The fraction of sp³-hybridized carbons (Fsp3) is 0.409. The summed E-state index contributed by atoms with van der Waals surface area (Å²) in [6, 6.07) is 10.3. The molecule has 0 bridgehead atoms. The first-order chi connectivity index (χ1) is 14.8. The van der Waals surface area contributed by atoms with Gasteiger partial charge in [-0.15, -0.1) is 0 Å². The predicted octanol–water partition coefficient (Wildman–Crippen LogP) is 4.63. The highest BCUT2D eigenvalue weighted by Gasteiger charge is 2.31. The molecule has 0 radical (unpaired) electrons. The van der Waals surface area contributed by atoms with E-state index in [1.165, 1.54) is 22.5 Å². The SMILES string of the molecule is CC1Cc2cc(Br)ccc2N1C(=O)COc1ccc(S(=O)(=O)N2CCCCC2)cc1Cl. The molecule has 2 aromatic rings. The van der Waals surface area contributed by atoms with Crippen LogP contribution in [0, 0.1) is 0 Å².